The van der Waals surface area contributed by atoms with E-state index in [1.807, 2.05) is 12.1 Å². The molecular weight excluding hydrogens is 362 g/mol. The number of pyridine rings is 1. The highest BCUT2D eigenvalue weighted by Crippen LogP contribution is 2.59. The zero-order valence-corrected chi connectivity index (χ0v) is 16.8. The van der Waals surface area contributed by atoms with Crippen LogP contribution in [0.3, 0.4) is 0 Å². The minimum Gasteiger partial charge on any atom is -0.508 e. The number of fused-ring (bicyclic) bond motifs is 5. The first kappa shape index (κ1) is 18.3. The molecule has 0 aliphatic heterocycles. The van der Waals surface area contributed by atoms with E-state index in [9.17, 15) is 9.90 Å². The number of nitrogens with zero attached hydrogens (tertiary/aromatic N) is 2. The van der Waals surface area contributed by atoms with Crippen molar-refractivity contribution in [2.45, 2.75) is 51.4 Å². The summed E-state index contributed by atoms with van der Waals surface area (Å²) < 4.78 is 0. The number of hydrazone groups is 1. The number of aromatic nitrogens is 1. The zero-order valence-electron chi connectivity index (χ0n) is 16.8. The van der Waals surface area contributed by atoms with Crippen LogP contribution in [0.25, 0.3) is 0 Å². The summed E-state index contributed by atoms with van der Waals surface area (Å²) in [5.74, 6) is 2.03. The van der Waals surface area contributed by atoms with Crippen molar-refractivity contribution >= 4 is 11.6 Å². The van der Waals surface area contributed by atoms with Gasteiger partial charge >= 0.3 is 0 Å². The summed E-state index contributed by atoms with van der Waals surface area (Å²) in [4.78, 5) is 16.4. The van der Waals surface area contributed by atoms with Crippen molar-refractivity contribution in [3.8, 4) is 5.75 Å². The fourth-order valence-corrected chi connectivity index (χ4v) is 6.22. The Hall–Kier alpha value is -2.69. The highest BCUT2D eigenvalue weighted by Gasteiger charge is 2.53. The average Bonchev–Trinajstić information content (AvgIpc) is 3.08. The van der Waals surface area contributed by atoms with Crippen LogP contribution >= 0.6 is 0 Å². The largest absolute Gasteiger partial charge is 0.508 e. The van der Waals surface area contributed by atoms with E-state index in [4.69, 9.17) is 0 Å². The molecule has 1 heterocycles. The van der Waals surface area contributed by atoms with Crippen molar-refractivity contribution in [2.24, 2.45) is 22.4 Å². The molecule has 4 atom stereocenters. The molecule has 2 saturated carbocycles. The molecule has 3 aliphatic rings. The molecule has 2 aromatic rings. The first-order chi connectivity index (χ1) is 14.1. The number of hydrogen-bond acceptors (Lipinski definition) is 4. The number of aryl methyl sites for hydroxylation is 1. The van der Waals surface area contributed by atoms with Gasteiger partial charge in [0, 0.05) is 23.5 Å². The van der Waals surface area contributed by atoms with Crippen LogP contribution in [0.2, 0.25) is 0 Å². The number of hydrogen-bond donors (Lipinski definition) is 2. The molecule has 150 valence electrons. The second-order valence-corrected chi connectivity index (χ2v) is 9.03. The summed E-state index contributed by atoms with van der Waals surface area (Å²) in [7, 11) is 0. The van der Waals surface area contributed by atoms with E-state index in [0.717, 1.165) is 37.8 Å². The summed E-state index contributed by atoms with van der Waals surface area (Å²) in [6, 6.07) is 9.45. The Morgan fingerprint density at radius 2 is 2.14 bits per heavy atom. The highest BCUT2D eigenvalue weighted by molar-refractivity contribution is 5.97. The first-order valence-electron chi connectivity index (χ1n) is 10.7. The van der Waals surface area contributed by atoms with Crippen LogP contribution in [0, 0.1) is 17.3 Å². The molecule has 5 nitrogen and oxygen atoms in total. The maximum atomic E-state index is 12.4. The summed E-state index contributed by atoms with van der Waals surface area (Å²) >= 11 is 0. The van der Waals surface area contributed by atoms with E-state index in [2.05, 4.69) is 28.5 Å². The van der Waals surface area contributed by atoms with Crippen LogP contribution in [-0.4, -0.2) is 21.7 Å². The molecular formula is C24H27N3O2. The normalized spacial score (nSPS) is 31.6. The molecule has 0 unspecified atom stereocenters. The molecule has 5 rings (SSSR count). The lowest BCUT2D eigenvalue weighted by atomic mass is 9.55. The molecule has 0 radical (unpaired) electrons. The van der Waals surface area contributed by atoms with Gasteiger partial charge in [-0.2, -0.15) is 5.10 Å². The fourth-order valence-electron chi connectivity index (χ4n) is 6.22. The third-order valence-electron chi connectivity index (χ3n) is 7.67. The van der Waals surface area contributed by atoms with E-state index in [1.54, 1.807) is 24.5 Å². The number of phenols is 1. The fraction of sp³-hybridized carbons (Fsp3) is 0.458. The first-order valence-corrected chi connectivity index (χ1v) is 10.7. The van der Waals surface area contributed by atoms with Gasteiger partial charge in [0.25, 0.3) is 5.91 Å². The standard InChI is InChI=1S/C24H27N3O2/c1-24-11-10-19-18-7-5-17(28)13-15(18)4-6-20(19)21(24)8-9-22(24)26-27-23(29)16-3-2-12-25-14-16/h2-3,5,7,12-14,19-21,28H,4,6,8-11H2,1H3,(H,27,29)/t19-,20+,21+,24-/m1/s1. The van der Waals surface area contributed by atoms with Crippen LogP contribution in [0.5, 0.6) is 5.75 Å². The van der Waals surface area contributed by atoms with Crippen molar-refractivity contribution in [1.29, 1.82) is 0 Å². The molecule has 0 saturated heterocycles. The van der Waals surface area contributed by atoms with Gasteiger partial charge in [0.1, 0.15) is 5.75 Å². The van der Waals surface area contributed by atoms with Crippen LogP contribution in [0.15, 0.2) is 47.8 Å². The van der Waals surface area contributed by atoms with Crippen molar-refractivity contribution in [2.75, 3.05) is 0 Å². The summed E-state index contributed by atoms with van der Waals surface area (Å²) in [6.07, 6.45) is 9.79. The van der Waals surface area contributed by atoms with Crippen molar-refractivity contribution in [1.82, 2.24) is 10.4 Å². The van der Waals surface area contributed by atoms with Crippen molar-refractivity contribution < 1.29 is 9.90 Å². The zero-order chi connectivity index (χ0) is 20.0. The molecule has 1 aromatic heterocycles. The van der Waals surface area contributed by atoms with Crippen LogP contribution in [0.1, 0.15) is 66.4 Å². The van der Waals surface area contributed by atoms with Gasteiger partial charge in [0.2, 0.25) is 0 Å². The molecule has 3 aliphatic carbocycles. The van der Waals surface area contributed by atoms with E-state index in [1.165, 1.54) is 17.5 Å². The van der Waals surface area contributed by atoms with Gasteiger partial charge in [-0.15, -0.1) is 0 Å². The highest BCUT2D eigenvalue weighted by atomic mass is 16.3. The Labute approximate surface area is 171 Å². The second-order valence-electron chi connectivity index (χ2n) is 9.03. The third kappa shape index (κ3) is 3.04. The summed E-state index contributed by atoms with van der Waals surface area (Å²) in [5, 5.41) is 14.4. The van der Waals surface area contributed by atoms with Crippen LogP contribution in [-0.2, 0) is 6.42 Å². The second kappa shape index (κ2) is 6.97. The Kier molecular flexibility index (Phi) is 4.41. The van der Waals surface area contributed by atoms with Gasteiger partial charge in [-0.1, -0.05) is 13.0 Å². The van der Waals surface area contributed by atoms with Crippen molar-refractivity contribution in [3.05, 3.63) is 59.4 Å². The van der Waals surface area contributed by atoms with Gasteiger partial charge < -0.3 is 5.11 Å². The SMILES string of the molecule is C[C@@]12CC[C@@H]3c4ccc(O)cc4CC[C@@H]3[C@@H]1CCC2=NNC(=O)c1cccnc1. The smallest absolute Gasteiger partial charge is 0.272 e. The average molecular weight is 389 g/mol. The predicted molar refractivity (Wildman–Crippen MR) is 112 cm³/mol. The summed E-state index contributed by atoms with van der Waals surface area (Å²) in [5.41, 5.74) is 7.29. The molecule has 5 heteroatoms. The molecule has 2 fully saturated rings. The Morgan fingerprint density at radius 1 is 1.24 bits per heavy atom. The predicted octanol–water partition coefficient (Wildman–Crippen LogP) is 4.43. The van der Waals surface area contributed by atoms with Crippen LogP contribution < -0.4 is 5.43 Å². The number of carbonyl (C=O) groups is 1. The maximum Gasteiger partial charge on any atom is 0.272 e. The van der Waals surface area contributed by atoms with E-state index in [0.29, 0.717) is 29.1 Å². The van der Waals surface area contributed by atoms with Gasteiger partial charge in [0.05, 0.1) is 5.56 Å². The molecule has 29 heavy (non-hydrogen) atoms. The Morgan fingerprint density at radius 3 is 2.97 bits per heavy atom. The topological polar surface area (TPSA) is 74.6 Å². The Bertz CT molecular complexity index is 971. The van der Waals surface area contributed by atoms with E-state index < -0.39 is 0 Å². The van der Waals surface area contributed by atoms with E-state index >= 15 is 0 Å². The molecule has 0 spiro atoms. The summed E-state index contributed by atoms with van der Waals surface area (Å²) in [6.45, 7) is 2.35. The molecule has 0 bridgehead atoms. The number of carbonyl (C=O) groups excluding carboxylic acids is 1. The monoisotopic (exact) mass is 389 g/mol. The maximum absolute atomic E-state index is 12.4. The number of benzene rings is 1. The lowest BCUT2D eigenvalue weighted by molar-refractivity contribution is 0.0930. The van der Waals surface area contributed by atoms with Gasteiger partial charge in [-0.05, 0) is 91.7 Å². The number of rotatable bonds is 2. The van der Waals surface area contributed by atoms with E-state index in [-0.39, 0.29) is 11.3 Å². The van der Waals surface area contributed by atoms with Gasteiger partial charge in [0.15, 0.2) is 0 Å². The Balaban J connectivity index is 1.36. The molecule has 2 N–H and O–H groups in total. The number of phenolic OH excluding ortho intramolecular Hbond substituents is 1. The molecule has 1 aromatic carbocycles. The lowest BCUT2D eigenvalue weighted by Gasteiger charge is -2.49. The number of aromatic hydroxyl groups is 1. The number of nitrogens with one attached hydrogen (secondary N) is 1. The quantitative estimate of drug-likeness (QED) is 0.746. The van der Waals surface area contributed by atoms with Gasteiger partial charge in [-0.3, -0.25) is 9.78 Å². The van der Waals surface area contributed by atoms with Crippen molar-refractivity contribution in [3.63, 3.8) is 0 Å². The minimum absolute atomic E-state index is 0.0673. The molecule has 1 amide bonds. The minimum atomic E-state index is -0.197. The van der Waals surface area contributed by atoms with Crippen LogP contribution in [0.4, 0.5) is 0 Å². The third-order valence-corrected chi connectivity index (χ3v) is 7.67. The van der Waals surface area contributed by atoms with Gasteiger partial charge in [-0.25, -0.2) is 5.43 Å². The number of amides is 1. The lowest BCUT2D eigenvalue weighted by Crippen LogP contribution is -2.43.